The van der Waals surface area contributed by atoms with Crippen molar-refractivity contribution in [3.8, 4) is 33.2 Å². The SMILES string of the molecule is c1csc(-c2nc(N3CCOCC3)ncc2-c2ccc3c(c2)OCO3)c1. The second-order valence-corrected chi connectivity index (χ2v) is 7.02. The molecule has 4 heterocycles. The largest absolute Gasteiger partial charge is 0.454 e. The van der Waals surface area contributed by atoms with Crippen molar-refractivity contribution in [2.45, 2.75) is 0 Å². The van der Waals surface area contributed by atoms with Crippen molar-refractivity contribution < 1.29 is 14.2 Å². The highest BCUT2D eigenvalue weighted by molar-refractivity contribution is 7.13. The van der Waals surface area contributed by atoms with E-state index in [0.717, 1.165) is 52.2 Å². The summed E-state index contributed by atoms with van der Waals surface area (Å²) in [4.78, 5) is 12.8. The molecule has 3 aromatic rings. The van der Waals surface area contributed by atoms with Gasteiger partial charge in [-0.1, -0.05) is 12.1 Å². The number of rotatable bonds is 3. The number of nitrogens with zero attached hydrogens (tertiary/aromatic N) is 3. The summed E-state index contributed by atoms with van der Waals surface area (Å²) >= 11 is 1.68. The van der Waals surface area contributed by atoms with Gasteiger partial charge in [-0.3, -0.25) is 0 Å². The zero-order chi connectivity index (χ0) is 17.3. The number of ether oxygens (including phenoxy) is 3. The van der Waals surface area contributed by atoms with E-state index in [2.05, 4.69) is 21.3 Å². The van der Waals surface area contributed by atoms with Crippen LogP contribution in [0.25, 0.3) is 21.7 Å². The van der Waals surface area contributed by atoms with E-state index in [-0.39, 0.29) is 6.79 Å². The molecule has 0 spiro atoms. The topological polar surface area (TPSA) is 56.7 Å². The molecule has 7 heteroatoms. The van der Waals surface area contributed by atoms with Gasteiger partial charge in [0.25, 0.3) is 0 Å². The third-order valence-corrected chi connectivity index (χ3v) is 5.38. The van der Waals surface area contributed by atoms with Gasteiger partial charge < -0.3 is 19.1 Å². The quantitative estimate of drug-likeness (QED) is 0.707. The van der Waals surface area contributed by atoms with Crippen LogP contribution in [0.2, 0.25) is 0 Å². The van der Waals surface area contributed by atoms with Crippen LogP contribution in [-0.2, 0) is 4.74 Å². The average Bonchev–Trinajstić information content (AvgIpc) is 3.39. The zero-order valence-electron chi connectivity index (χ0n) is 14.1. The Bertz CT molecular complexity index is 924. The van der Waals surface area contributed by atoms with Crippen LogP contribution in [-0.4, -0.2) is 43.1 Å². The number of anilines is 1. The first-order chi connectivity index (χ1) is 12.9. The predicted molar refractivity (Wildman–Crippen MR) is 99.9 cm³/mol. The molecule has 26 heavy (non-hydrogen) atoms. The van der Waals surface area contributed by atoms with Gasteiger partial charge in [-0.05, 0) is 29.1 Å². The molecule has 5 rings (SSSR count). The Morgan fingerprint density at radius 2 is 1.92 bits per heavy atom. The van der Waals surface area contributed by atoms with Gasteiger partial charge in [0.2, 0.25) is 12.7 Å². The van der Waals surface area contributed by atoms with Gasteiger partial charge in [-0.15, -0.1) is 11.3 Å². The van der Waals surface area contributed by atoms with Crippen LogP contribution < -0.4 is 14.4 Å². The van der Waals surface area contributed by atoms with Gasteiger partial charge >= 0.3 is 0 Å². The highest BCUT2D eigenvalue weighted by Gasteiger charge is 2.20. The molecule has 0 atom stereocenters. The molecular weight excluding hydrogens is 350 g/mol. The fraction of sp³-hybridized carbons (Fsp3) is 0.263. The molecule has 1 aromatic carbocycles. The van der Waals surface area contributed by atoms with Gasteiger partial charge in [-0.2, -0.15) is 0 Å². The van der Waals surface area contributed by atoms with Crippen molar-refractivity contribution in [2.75, 3.05) is 38.0 Å². The second kappa shape index (κ2) is 6.59. The molecule has 2 aliphatic heterocycles. The molecule has 0 amide bonds. The Hall–Kier alpha value is -2.64. The van der Waals surface area contributed by atoms with Gasteiger partial charge in [0, 0.05) is 24.8 Å². The van der Waals surface area contributed by atoms with Crippen LogP contribution in [0.1, 0.15) is 0 Å². The fourth-order valence-electron chi connectivity index (χ4n) is 3.16. The summed E-state index contributed by atoms with van der Waals surface area (Å²) in [5, 5.41) is 2.06. The molecule has 0 N–H and O–H groups in total. The van der Waals surface area contributed by atoms with Crippen LogP contribution in [0.5, 0.6) is 11.5 Å². The maximum atomic E-state index is 5.53. The lowest BCUT2D eigenvalue weighted by Crippen LogP contribution is -2.37. The van der Waals surface area contributed by atoms with Crippen molar-refractivity contribution in [1.29, 1.82) is 0 Å². The summed E-state index contributed by atoms with van der Waals surface area (Å²) in [6.45, 7) is 3.31. The van der Waals surface area contributed by atoms with Crippen LogP contribution in [0, 0.1) is 0 Å². The van der Waals surface area contributed by atoms with E-state index >= 15 is 0 Å². The number of morpholine rings is 1. The maximum Gasteiger partial charge on any atom is 0.231 e. The minimum Gasteiger partial charge on any atom is -0.454 e. The highest BCUT2D eigenvalue weighted by Crippen LogP contribution is 2.39. The maximum absolute atomic E-state index is 5.53. The molecule has 0 saturated carbocycles. The van der Waals surface area contributed by atoms with Crippen LogP contribution in [0.3, 0.4) is 0 Å². The zero-order valence-corrected chi connectivity index (χ0v) is 14.9. The molecule has 6 nitrogen and oxygen atoms in total. The Morgan fingerprint density at radius 3 is 2.77 bits per heavy atom. The van der Waals surface area contributed by atoms with E-state index in [9.17, 15) is 0 Å². The highest BCUT2D eigenvalue weighted by atomic mass is 32.1. The van der Waals surface area contributed by atoms with E-state index in [4.69, 9.17) is 19.2 Å². The van der Waals surface area contributed by atoms with Gasteiger partial charge in [-0.25, -0.2) is 9.97 Å². The second-order valence-electron chi connectivity index (χ2n) is 6.08. The van der Waals surface area contributed by atoms with Crippen LogP contribution in [0.4, 0.5) is 5.95 Å². The first-order valence-corrected chi connectivity index (χ1v) is 9.40. The Morgan fingerprint density at radius 1 is 1.04 bits per heavy atom. The minimum absolute atomic E-state index is 0.267. The van der Waals surface area contributed by atoms with Gasteiger partial charge in [0.1, 0.15) is 0 Å². The van der Waals surface area contributed by atoms with Gasteiger partial charge in [0.15, 0.2) is 11.5 Å². The molecule has 2 aliphatic rings. The Labute approximate surface area is 155 Å². The summed E-state index contributed by atoms with van der Waals surface area (Å²) < 4.78 is 16.4. The normalized spacial score (nSPS) is 16.1. The Kier molecular flexibility index (Phi) is 3.95. The first-order valence-electron chi connectivity index (χ1n) is 8.52. The van der Waals surface area contributed by atoms with Crippen LogP contribution >= 0.6 is 11.3 Å². The molecule has 1 saturated heterocycles. The van der Waals surface area contributed by atoms with Crippen molar-refractivity contribution in [3.05, 3.63) is 41.9 Å². The monoisotopic (exact) mass is 367 g/mol. The smallest absolute Gasteiger partial charge is 0.231 e. The molecule has 0 bridgehead atoms. The summed E-state index contributed by atoms with van der Waals surface area (Å²) in [6, 6.07) is 10.1. The summed E-state index contributed by atoms with van der Waals surface area (Å²) in [6.07, 6.45) is 1.91. The molecule has 0 unspecified atom stereocenters. The fourth-order valence-corrected chi connectivity index (χ4v) is 3.89. The third-order valence-electron chi connectivity index (χ3n) is 4.51. The number of benzene rings is 1. The third kappa shape index (κ3) is 2.79. The van der Waals surface area contributed by atoms with E-state index in [1.165, 1.54) is 0 Å². The summed E-state index contributed by atoms with van der Waals surface area (Å²) in [5.74, 6) is 2.29. The lowest BCUT2D eigenvalue weighted by molar-refractivity contribution is 0.122. The molecular formula is C19H17N3O3S. The number of hydrogen-bond acceptors (Lipinski definition) is 7. The number of hydrogen-bond donors (Lipinski definition) is 0. The molecule has 0 radical (unpaired) electrons. The van der Waals surface area contributed by atoms with Gasteiger partial charge in [0.05, 0.1) is 23.8 Å². The lowest BCUT2D eigenvalue weighted by Gasteiger charge is -2.27. The molecule has 1 fully saturated rings. The molecule has 132 valence electrons. The van der Waals surface area contributed by atoms with Crippen molar-refractivity contribution in [3.63, 3.8) is 0 Å². The van der Waals surface area contributed by atoms with Crippen molar-refractivity contribution >= 4 is 17.3 Å². The van der Waals surface area contributed by atoms with Crippen molar-refractivity contribution in [1.82, 2.24) is 9.97 Å². The molecule has 0 aliphatic carbocycles. The van der Waals surface area contributed by atoms with E-state index in [0.29, 0.717) is 13.2 Å². The first kappa shape index (κ1) is 15.6. The Balaban J connectivity index is 1.60. The predicted octanol–water partition coefficient (Wildman–Crippen LogP) is 3.44. The minimum atomic E-state index is 0.267. The van der Waals surface area contributed by atoms with E-state index in [1.807, 2.05) is 30.5 Å². The summed E-state index contributed by atoms with van der Waals surface area (Å²) in [5.41, 5.74) is 2.95. The number of thiophene rings is 1. The molecule has 2 aromatic heterocycles. The van der Waals surface area contributed by atoms with E-state index < -0.39 is 0 Å². The summed E-state index contributed by atoms with van der Waals surface area (Å²) in [7, 11) is 0. The van der Waals surface area contributed by atoms with Crippen molar-refractivity contribution in [2.24, 2.45) is 0 Å². The van der Waals surface area contributed by atoms with E-state index in [1.54, 1.807) is 11.3 Å². The van der Waals surface area contributed by atoms with Crippen LogP contribution in [0.15, 0.2) is 41.9 Å². The number of fused-ring (bicyclic) bond motifs is 1. The average molecular weight is 367 g/mol. The number of aromatic nitrogens is 2. The lowest BCUT2D eigenvalue weighted by atomic mass is 10.0. The standard InChI is InChI=1S/C19H17N3O3S/c1-2-17(26-9-1)18-14(13-3-4-15-16(10-13)25-12-24-15)11-20-19(21-18)22-5-7-23-8-6-22/h1-4,9-11H,5-8,12H2.